The Kier molecular flexibility index (Phi) is 4.34. The second-order valence-corrected chi connectivity index (χ2v) is 6.36. The molecule has 0 aliphatic heterocycles. The van der Waals surface area contributed by atoms with Gasteiger partial charge in [-0.1, -0.05) is 27.2 Å². The van der Waals surface area contributed by atoms with Crippen LogP contribution in [0.15, 0.2) is 6.07 Å². The molecule has 1 fully saturated rings. The van der Waals surface area contributed by atoms with Crippen LogP contribution in [0.4, 0.5) is 0 Å². The number of nitrogens with zero attached hydrogens (tertiary/aromatic N) is 2. The number of hydrogen-bond donors (Lipinski definition) is 1. The molecule has 19 heavy (non-hydrogen) atoms. The van der Waals surface area contributed by atoms with Crippen LogP contribution in [0.5, 0.6) is 0 Å². The lowest BCUT2D eigenvalue weighted by molar-refractivity contribution is -0.0573. The number of hydrogen-bond acceptors (Lipinski definition) is 2. The minimum Gasteiger partial charge on any atom is -0.389 e. The molecule has 1 aliphatic carbocycles. The number of rotatable bonds is 4. The molecule has 3 heteroatoms. The van der Waals surface area contributed by atoms with E-state index in [1.54, 1.807) is 0 Å². The Bertz CT molecular complexity index is 426. The van der Waals surface area contributed by atoms with Crippen LogP contribution in [0, 0.1) is 11.8 Å². The summed E-state index contributed by atoms with van der Waals surface area (Å²) in [4.78, 5) is 0. The monoisotopic (exact) mass is 264 g/mol. The largest absolute Gasteiger partial charge is 0.389 e. The lowest BCUT2D eigenvalue weighted by atomic mass is 9.70. The molecule has 1 heterocycles. The van der Waals surface area contributed by atoms with Crippen LogP contribution in [0.3, 0.4) is 0 Å². The van der Waals surface area contributed by atoms with E-state index in [-0.39, 0.29) is 0 Å². The fraction of sp³-hybridized carbons (Fsp3) is 0.812. The zero-order valence-electron chi connectivity index (χ0n) is 12.8. The van der Waals surface area contributed by atoms with E-state index >= 15 is 0 Å². The molecule has 0 radical (unpaired) electrons. The normalized spacial score (nSPS) is 31.6. The molecule has 0 aromatic carbocycles. The van der Waals surface area contributed by atoms with Crippen molar-refractivity contribution in [3.63, 3.8) is 0 Å². The van der Waals surface area contributed by atoms with Gasteiger partial charge in [-0.15, -0.1) is 0 Å². The van der Waals surface area contributed by atoms with Crippen molar-refractivity contribution in [2.45, 2.75) is 71.9 Å². The summed E-state index contributed by atoms with van der Waals surface area (Å²) >= 11 is 0. The van der Waals surface area contributed by atoms with Crippen molar-refractivity contribution in [2.24, 2.45) is 11.8 Å². The van der Waals surface area contributed by atoms with E-state index in [1.165, 1.54) is 12.1 Å². The second-order valence-electron chi connectivity index (χ2n) is 6.36. The first-order valence-corrected chi connectivity index (χ1v) is 7.76. The third-order valence-corrected chi connectivity index (χ3v) is 4.77. The lowest BCUT2D eigenvalue weighted by Gasteiger charge is -2.41. The molecule has 0 amide bonds. The number of aliphatic hydroxyl groups is 1. The van der Waals surface area contributed by atoms with Gasteiger partial charge in [0.25, 0.3) is 0 Å². The Labute approximate surface area is 117 Å². The van der Waals surface area contributed by atoms with Crippen molar-refractivity contribution in [2.75, 3.05) is 0 Å². The molecule has 3 atom stereocenters. The summed E-state index contributed by atoms with van der Waals surface area (Å²) in [6.45, 7) is 9.58. The Balaban J connectivity index is 2.20. The first-order chi connectivity index (χ1) is 8.98. The smallest absolute Gasteiger partial charge is 0.0730 e. The van der Waals surface area contributed by atoms with Crippen LogP contribution < -0.4 is 0 Å². The molecule has 0 spiro atoms. The zero-order chi connectivity index (χ0) is 14.0. The summed E-state index contributed by atoms with van der Waals surface area (Å²) in [5, 5.41) is 15.6. The number of aryl methyl sites for hydroxylation is 2. The highest BCUT2D eigenvalue weighted by Crippen LogP contribution is 2.39. The van der Waals surface area contributed by atoms with E-state index in [1.807, 2.05) is 0 Å². The Morgan fingerprint density at radius 2 is 2.11 bits per heavy atom. The van der Waals surface area contributed by atoms with Crippen molar-refractivity contribution in [1.82, 2.24) is 9.78 Å². The van der Waals surface area contributed by atoms with E-state index in [2.05, 4.69) is 43.5 Å². The summed E-state index contributed by atoms with van der Waals surface area (Å²) in [5.41, 5.74) is 1.79. The summed E-state index contributed by atoms with van der Waals surface area (Å²) in [6.07, 6.45) is 5.02. The molecule has 1 saturated carbocycles. The summed E-state index contributed by atoms with van der Waals surface area (Å²) in [7, 11) is 0. The highest BCUT2D eigenvalue weighted by atomic mass is 16.3. The lowest BCUT2D eigenvalue weighted by Crippen LogP contribution is -2.44. The van der Waals surface area contributed by atoms with Crippen LogP contribution in [-0.4, -0.2) is 20.5 Å². The molecular weight excluding hydrogens is 236 g/mol. The fourth-order valence-corrected chi connectivity index (χ4v) is 3.37. The highest BCUT2D eigenvalue weighted by Gasteiger charge is 2.39. The Morgan fingerprint density at radius 1 is 1.37 bits per heavy atom. The maximum absolute atomic E-state index is 11.0. The Morgan fingerprint density at radius 3 is 2.74 bits per heavy atom. The van der Waals surface area contributed by atoms with E-state index in [0.717, 1.165) is 37.9 Å². The minimum absolute atomic E-state index is 0.383. The van der Waals surface area contributed by atoms with Crippen LogP contribution in [0.2, 0.25) is 0 Å². The second kappa shape index (κ2) is 5.66. The average Bonchev–Trinajstić information content (AvgIpc) is 2.76. The van der Waals surface area contributed by atoms with Gasteiger partial charge in [0, 0.05) is 18.7 Å². The summed E-state index contributed by atoms with van der Waals surface area (Å²) in [5.74, 6) is 1.01. The molecule has 2 rings (SSSR count). The van der Waals surface area contributed by atoms with Crippen molar-refractivity contribution in [3.8, 4) is 0 Å². The van der Waals surface area contributed by atoms with Gasteiger partial charge >= 0.3 is 0 Å². The van der Waals surface area contributed by atoms with Gasteiger partial charge in [-0.05, 0) is 44.1 Å². The highest BCUT2D eigenvalue weighted by molar-refractivity contribution is 5.14. The first kappa shape index (κ1) is 14.6. The molecule has 3 nitrogen and oxygen atoms in total. The molecule has 108 valence electrons. The molecule has 3 unspecified atom stereocenters. The molecule has 1 aliphatic rings. The molecule has 0 saturated heterocycles. The van der Waals surface area contributed by atoms with Crippen molar-refractivity contribution >= 4 is 0 Å². The van der Waals surface area contributed by atoms with Gasteiger partial charge in [-0.25, -0.2) is 0 Å². The van der Waals surface area contributed by atoms with Gasteiger partial charge < -0.3 is 5.11 Å². The van der Waals surface area contributed by atoms with Gasteiger partial charge in [-0.3, -0.25) is 4.68 Å². The summed E-state index contributed by atoms with van der Waals surface area (Å²) < 4.78 is 2.06. The predicted octanol–water partition coefficient (Wildman–Crippen LogP) is 3.20. The van der Waals surface area contributed by atoms with E-state index in [4.69, 9.17) is 0 Å². The SMILES string of the molecule is CCc1cc(CC2(O)CC(C)CCC2C)n(CC)n1. The molecule has 1 aromatic rings. The molecule has 1 aromatic heterocycles. The van der Waals surface area contributed by atoms with Gasteiger partial charge in [0.2, 0.25) is 0 Å². The first-order valence-electron chi connectivity index (χ1n) is 7.76. The van der Waals surface area contributed by atoms with Crippen molar-refractivity contribution in [3.05, 3.63) is 17.5 Å². The fourth-order valence-electron chi connectivity index (χ4n) is 3.37. The van der Waals surface area contributed by atoms with Crippen LogP contribution in [0.1, 0.15) is 58.3 Å². The van der Waals surface area contributed by atoms with Crippen molar-refractivity contribution in [1.29, 1.82) is 0 Å². The van der Waals surface area contributed by atoms with Gasteiger partial charge in [-0.2, -0.15) is 5.10 Å². The minimum atomic E-state index is -0.546. The van der Waals surface area contributed by atoms with Crippen LogP contribution in [0.25, 0.3) is 0 Å². The quantitative estimate of drug-likeness (QED) is 0.907. The molecular formula is C16H28N2O. The Hall–Kier alpha value is -0.830. The molecule has 0 bridgehead atoms. The third-order valence-electron chi connectivity index (χ3n) is 4.77. The van der Waals surface area contributed by atoms with Gasteiger partial charge in [0.1, 0.15) is 0 Å². The zero-order valence-corrected chi connectivity index (χ0v) is 12.8. The van der Waals surface area contributed by atoms with E-state index in [9.17, 15) is 5.11 Å². The van der Waals surface area contributed by atoms with Crippen LogP contribution in [-0.2, 0) is 19.4 Å². The standard InChI is InChI=1S/C16H28N2O/c1-5-14-9-15(18(6-2)17-14)11-16(19)10-12(3)7-8-13(16)4/h9,12-13,19H,5-8,10-11H2,1-4H3. The van der Waals surface area contributed by atoms with E-state index < -0.39 is 5.60 Å². The maximum atomic E-state index is 11.0. The summed E-state index contributed by atoms with van der Waals surface area (Å²) in [6, 6.07) is 2.17. The van der Waals surface area contributed by atoms with E-state index in [0.29, 0.717) is 11.8 Å². The van der Waals surface area contributed by atoms with Crippen LogP contribution >= 0.6 is 0 Å². The van der Waals surface area contributed by atoms with Crippen molar-refractivity contribution < 1.29 is 5.11 Å². The maximum Gasteiger partial charge on any atom is 0.0730 e. The topological polar surface area (TPSA) is 38.0 Å². The third kappa shape index (κ3) is 3.02. The number of aromatic nitrogens is 2. The van der Waals surface area contributed by atoms with Gasteiger partial charge in [0.15, 0.2) is 0 Å². The predicted molar refractivity (Wildman–Crippen MR) is 78.1 cm³/mol. The van der Waals surface area contributed by atoms with Gasteiger partial charge in [0.05, 0.1) is 11.3 Å². The average molecular weight is 264 g/mol. The molecule has 1 N–H and O–H groups in total.